The molecule has 23 heavy (non-hydrogen) atoms. The van der Waals surface area contributed by atoms with Gasteiger partial charge in [-0.25, -0.2) is 9.18 Å². The first-order valence-electron chi connectivity index (χ1n) is 8.13. The molecule has 1 heterocycles. The number of rotatable bonds is 5. The van der Waals surface area contributed by atoms with Crippen molar-refractivity contribution in [2.45, 2.75) is 39.2 Å². The molecular formula is C17H26FN3O2. The Bertz CT molecular complexity index is 551. The number of hydrogen-bond donors (Lipinski definition) is 2. The standard InChI is InChI=1S/C17H26FN3O2/c1-4-20(12-17(2,3)23)16(22)19-13-7-8-15(14(18)11-13)21-9-5-6-10-21/h7-8,11,23H,4-6,9-10,12H2,1-3H3,(H,19,22). The molecule has 2 N–H and O–H groups in total. The van der Waals surface area contributed by atoms with Gasteiger partial charge >= 0.3 is 6.03 Å². The van der Waals surface area contributed by atoms with Gasteiger partial charge in [0, 0.05) is 25.3 Å². The second-order valence-electron chi connectivity index (χ2n) is 6.62. The molecule has 0 aromatic heterocycles. The zero-order chi connectivity index (χ0) is 17.0. The Labute approximate surface area is 137 Å². The van der Waals surface area contributed by atoms with Crippen LogP contribution in [0, 0.1) is 5.82 Å². The summed E-state index contributed by atoms with van der Waals surface area (Å²) in [6.45, 7) is 7.55. The van der Waals surface area contributed by atoms with Crippen LogP contribution >= 0.6 is 0 Å². The zero-order valence-electron chi connectivity index (χ0n) is 14.1. The molecule has 2 rings (SSSR count). The lowest BCUT2D eigenvalue weighted by atomic mass is 10.1. The number of halogens is 1. The third kappa shape index (κ3) is 4.82. The van der Waals surface area contributed by atoms with Gasteiger partial charge in [-0.2, -0.15) is 0 Å². The lowest BCUT2D eigenvalue weighted by molar-refractivity contribution is 0.0501. The van der Waals surface area contributed by atoms with Gasteiger partial charge in [-0.1, -0.05) is 0 Å². The predicted molar refractivity (Wildman–Crippen MR) is 90.4 cm³/mol. The van der Waals surface area contributed by atoms with E-state index in [0.29, 0.717) is 17.9 Å². The van der Waals surface area contributed by atoms with Crippen LogP contribution in [0.4, 0.5) is 20.6 Å². The number of nitrogens with zero attached hydrogens (tertiary/aromatic N) is 2. The highest BCUT2D eigenvalue weighted by molar-refractivity contribution is 5.89. The maximum absolute atomic E-state index is 14.3. The van der Waals surface area contributed by atoms with Crippen LogP contribution in [0.3, 0.4) is 0 Å². The molecule has 6 heteroatoms. The number of benzene rings is 1. The van der Waals surface area contributed by atoms with Crippen LogP contribution in [0.25, 0.3) is 0 Å². The molecule has 0 bridgehead atoms. The topological polar surface area (TPSA) is 55.8 Å². The summed E-state index contributed by atoms with van der Waals surface area (Å²) in [4.78, 5) is 15.8. The van der Waals surface area contributed by atoms with Gasteiger partial charge in [0.05, 0.1) is 17.8 Å². The SMILES string of the molecule is CCN(CC(C)(C)O)C(=O)Nc1ccc(N2CCCC2)c(F)c1. The van der Waals surface area contributed by atoms with Crippen LogP contribution in [0.5, 0.6) is 0 Å². The van der Waals surface area contributed by atoms with Crippen molar-refractivity contribution >= 4 is 17.4 Å². The number of urea groups is 1. The van der Waals surface area contributed by atoms with Crippen molar-refractivity contribution in [3.63, 3.8) is 0 Å². The smallest absolute Gasteiger partial charge is 0.321 e. The van der Waals surface area contributed by atoms with Crippen LogP contribution in [-0.4, -0.2) is 47.8 Å². The highest BCUT2D eigenvalue weighted by Gasteiger charge is 2.22. The van der Waals surface area contributed by atoms with E-state index in [2.05, 4.69) is 5.32 Å². The van der Waals surface area contributed by atoms with Crippen LogP contribution < -0.4 is 10.2 Å². The van der Waals surface area contributed by atoms with E-state index in [1.165, 1.54) is 11.0 Å². The van der Waals surface area contributed by atoms with Crippen molar-refractivity contribution in [1.29, 1.82) is 0 Å². The molecule has 0 atom stereocenters. The lowest BCUT2D eigenvalue weighted by Gasteiger charge is -2.28. The van der Waals surface area contributed by atoms with E-state index in [9.17, 15) is 14.3 Å². The molecule has 1 aliphatic heterocycles. The van der Waals surface area contributed by atoms with E-state index in [-0.39, 0.29) is 18.4 Å². The Kier molecular flexibility index (Phi) is 5.46. The fourth-order valence-electron chi connectivity index (χ4n) is 2.80. The lowest BCUT2D eigenvalue weighted by Crippen LogP contribution is -2.44. The van der Waals surface area contributed by atoms with E-state index >= 15 is 0 Å². The van der Waals surface area contributed by atoms with Crippen LogP contribution in [0.2, 0.25) is 0 Å². The molecule has 128 valence electrons. The largest absolute Gasteiger partial charge is 0.389 e. The second kappa shape index (κ2) is 7.17. The predicted octanol–water partition coefficient (Wildman–Crippen LogP) is 3.05. The quantitative estimate of drug-likeness (QED) is 0.875. The Hall–Kier alpha value is -1.82. The third-order valence-corrected chi connectivity index (χ3v) is 3.89. The molecular weight excluding hydrogens is 297 g/mol. The van der Waals surface area contributed by atoms with Crippen molar-refractivity contribution < 1.29 is 14.3 Å². The average Bonchev–Trinajstić information content (AvgIpc) is 2.97. The third-order valence-electron chi connectivity index (χ3n) is 3.89. The fraction of sp³-hybridized carbons (Fsp3) is 0.588. The molecule has 1 aromatic rings. The minimum absolute atomic E-state index is 0.212. The van der Waals surface area contributed by atoms with Crippen LogP contribution in [0.15, 0.2) is 18.2 Å². The van der Waals surface area contributed by atoms with Crippen molar-refractivity contribution in [2.75, 3.05) is 36.4 Å². The first kappa shape index (κ1) is 17.5. The number of anilines is 2. The summed E-state index contributed by atoms with van der Waals surface area (Å²) < 4.78 is 14.3. The van der Waals surface area contributed by atoms with E-state index in [1.54, 1.807) is 26.0 Å². The minimum Gasteiger partial charge on any atom is -0.389 e. The number of hydrogen-bond acceptors (Lipinski definition) is 3. The zero-order valence-corrected chi connectivity index (χ0v) is 14.1. The molecule has 0 spiro atoms. The van der Waals surface area contributed by atoms with Gasteiger partial charge in [0.15, 0.2) is 0 Å². The highest BCUT2D eigenvalue weighted by atomic mass is 19.1. The van der Waals surface area contributed by atoms with E-state index in [1.807, 2.05) is 11.8 Å². The van der Waals surface area contributed by atoms with E-state index in [4.69, 9.17) is 0 Å². The van der Waals surface area contributed by atoms with Gasteiger partial charge in [0.1, 0.15) is 5.82 Å². The van der Waals surface area contributed by atoms with Crippen molar-refractivity contribution in [2.24, 2.45) is 0 Å². The van der Waals surface area contributed by atoms with Gasteiger partial charge in [0.2, 0.25) is 0 Å². The molecule has 1 aromatic carbocycles. The molecule has 0 radical (unpaired) electrons. The maximum atomic E-state index is 14.3. The number of amides is 2. The Balaban J connectivity index is 2.04. The molecule has 0 saturated carbocycles. The first-order chi connectivity index (χ1) is 10.8. The van der Waals surface area contributed by atoms with E-state index in [0.717, 1.165) is 25.9 Å². The molecule has 1 fully saturated rings. The van der Waals surface area contributed by atoms with Gasteiger partial charge in [-0.15, -0.1) is 0 Å². The summed E-state index contributed by atoms with van der Waals surface area (Å²) >= 11 is 0. The summed E-state index contributed by atoms with van der Waals surface area (Å²) in [6.07, 6.45) is 2.17. The summed E-state index contributed by atoms with van der Waals surface area (Å²) in [5.74, 6) is -0.324. The number of nitrogens with one attached hydrogen (secondary N) is 1. The monoisotopic (exact) mass is 323 g/mol. The van der Waals surface area contributed by atoms with Gasteiger partial charge < -0.3 is 20.2 Å². The number of aliphatic hydroxyl groups is 1. The van der Waals surface area contributed by atoms with Gasteiger partial charge in [0.25, 0.3) is 0 Å². The van der Waals surface area contributed by atoms with Crippen molar-refractivity contribution in [3.05, 3.63) is 24.0 Å². The van der Waals surface area contributed by atoms with Gasteiger partial charge in [-0.05, 0) is 51.8 Å². The molecule has 1 saturated heterocycles. The summed E-state index contributed by atoms with van der Waals surface area (Å²) in [6, 6.07) is 4.43. The summed E-state index contributed by atoms with van der Waals surface area (Å²) in [5.41, 5.74) is 0.0343. The van der Waals surface area contributed by atoms with Crippen molar-refractivity contribution in [3.8, 4) is 0 Å². The molecule has 2 amide bonds. The molecule has 5 nitrogen and oxygen atoms in total. The fourth-order valence-corrected chi connectivity index (χ4v) is 2.80. The van der Waals surface area contributed by atoms with Gasteiger partial charge in [-0.3, -0.25) is 0 Å². The van der Waals surface area contributed by atoms with Crippen LogP contribution in [0.1, 0.15) is 33.6 Å². The molecule has 1 aliphatic rings. The van der Waals surface area contributed by atoms with Crippen LogP contribution in [-0.2, 0) is 0 Å². The maximum Gasteiger partial charge on any atom is 0.321 e. The Morgan fingerprint density at radius 3 is 2.57 bits per heavy atom. The summed E-state index contributed by atoms with van der Waals surface area (Å²) in [5, 5.41) is 12.5. The molecule has 0 aliphatic carbocycles. The van der Waals surface area contributed by atoms with E-state index < -0.39 is 5.60 Å². The highest BCUT2D eigenvalue weighted by Crippen LogP contribution is 2.26. The molecule has 0 unspecified atom stereocenters. The summed E-state index contributed by atoms with van der Waals surface area (Å²) in [7, 11) is 0. The Morgan fingerprint density at radius 2 is 2.04 bits per heavy atom. The Morgan fingerprint density at radius 1 is 1.39 bits per heavy atom. The van der Waals surface area contributed by atoms with Crippen molar-refractivity contribution in [1.82, 2.24) is 4.90 Å². The first-order valence-corrected chi connectivity index (χ1v) is 8.13. The number of carbonyl (C=O) groups is 1. The number of carbonyl (C=O) groups excluding carboxylic acids is 1. The average molecular weight is 323 g/mol. The number of likely N-dealkylation sites (N-methyl/N-ethyl adjacent to an activating group) is 1. The second-order valence-corrected chi connectivity index (χ2v) is 6.62. The minimum atomic E-state index is -0.974. The normalized spacial score (nSPS) is 14.9.